The Hall–Kier alpha value is -1.18. The van der Waals surface area contributed by atoms with E-state index in [-0.39, 0.29) is 4.90 Å². The van der Waals surface area contributed by atoms with Gasteiger partial charge in [0, 0.05) is 20.7 Å². The Balaban J connectivity index is 2.38. The fourth-order valence-corrected chi connectivity index (χ4v) is 4.22. The lowest BCUT2D eigenvalue weighted by Crippen LogP contribution is -2.15. The predicted molar refractivity (Wildman–Crippen MR) is 92.3 cm³/mol. The van der Waals surface area contributed by atoms with Crippen LogP contribution in [0.1, 0.15) is 5.56 Å². The molecule has 0 atom stereocenters. The van der Waals surface area contributed by atoms with E-state index in [4.69, 9.17) is 5.73 Å². The molecule has 112 valence electrons. The van der Waals surface area contributed by atoms with Crippen LogP contribution in [0.2, 0.25) is 0 Å². The Bertz CT molecular complexity index is 759. The zero-order valence-electron chi connectivity index (χ0n) is 11.6. The summed E-state index contributed by atoms with van der Waals surface area (Å²) >= 11 is 4.87. The summed E-state index contributed by atoms with van der Waals surface area (Å²) in [6, 6.07) is 10.4. The standard InChI is InChI=1S/C14H15BrN2O2S2/c1-9-13(16)7-10(15)8-14(9)21(18,19)17-11-3-5-12(20-2)6-4-11/h3-8,17H,16H2,1-2H3. The van der Waals surface area contributed by atoms with E-state index in [1.165, 1.54) is 0 Å². The molecule has 0 radical (unpaired) electrons. The van der Waals surface area contributed by atoms with Gasteiger partial charge < -0.3 is 5.73 Å². The van der Waals surface area contributed by atoms with Gasteiger partial charge >= 0.3 is 0 Å². The first kappa shape index (κ1) is 16.2. The third-order valence-electron chi connectivity index (χ3n) is 3.00. The van der Waals surface area contributed by atoms with Crippen molar-refractivity contribution in [3.8, 4) is 0 Å². The maximum atomic E-state index is 12.5. The molecule has 0 bridgehead atoms. The van der Waals surface area contributed by atoms with Crippen molar-refractivity contribution >= 4 is 49.1 Å². The first-order chi connectivity index (χ1) is 9.83. The summed E-state index contributed by atoms with van der Waals surface area (Å²) in [4.78, 5) is 1.24. The van der Waals surface area contributed by atoms with Crippen LogP contribution in [0.25, 0.3) is 0 Å². The maximum absolute atomic E-state index is 12.5. The van der Waals surface area contributed by atoms with Gasteiger partial charge in [-0.1, -0.05) is 15.9 Å². The van der Waals surface area contributed by atoms with Crippen LogP contribution in [0.4, 0.5) is 11.4 Å². The van der Waals surface area contributed by atoms with Crippen molar-refractivity contribution in [3.05, 3.63) is 46.4 Å². The summed E-state index contributed by atoms with van der Waals surface area (Å²) < 4.78 is 28.2. The molecule has 0 fully saturated rings. The second kappa shape index (κ2) is 6.29. The number of halogens is 1. The molecule has 0 spiro atoms. The number of hydrogen-bond acceptors (Lipinski definition) is 4. The average molecular weight is 387 g/mol. The van der Waals surface area contributed by atoms with Crippen molar-refractivity contribution in [2.45, 2.75) is 16.7 Å². The molecule has 0 aliphatic carbocycles. The number of anilines is 2. The van der Waals surface area contributed by atoms with Gasteiger partial charge in [-0.15, -0.1) is 11.8 Å². The highest BCUT2D eigenvalue weighted by Gasteiger charge is 2.19. The molecule has 0 aliphatic rings. The van der Waals surface area contributed by atoms with Gasteiger partial charge in [0.2, 0.25) is 0 Å². The second-order valence-electron chi connectivity index (χ2n) is 4.45. The van der Waals surface area contributed by atoms with Crippen molar-refractivity contribution in [1.29, 1.82) is 0 Å². The minimum absolute atomic E-state index is 0.170. The van der Waals surface area contributed by atoms with Gasteiger partial charge in [0.1, 0.15) is 0 Å². The first-order valence-electron chi connectivity index (χ1n) is 6.06. The smallest absolute Gasteiger partial charge is 0.262 e. The Morgan fingerprint density at radius 3 is 2.38 bits per heavy atom. The summed E-state index contributed by atoms with van der Waals surface area (Å²) in [5.41, 5.74) is 7.31. The lowest BCUT2D eigenvalue weighted by atomic mass is 10.2. The summed E-state index contributed by atoms with van der Waals surface area (Å²) in [6.07, 6.45) is 1.97. The third-order valence-corrected chi connectivity index (χ3v) is 5.71. The number of nitrogens with two attached hydrogens (primary N) is 1. The van der Waals surface area contributed by atoms with Crippen LogP contribution >= 0.6 is 27.7 Å². The number of nitrogens with one attached hydrogen (secondary N) is 1. The van der Waals surface area contributed by atoms with E-state index >= 15 is 0 Å². The zero-order valence-corrected chi connectivity index (χ0v) is 14.8. The molecule has 0 amide bonds. The average Bonchev–Trinajstić information content (AvgIpc) is 2.43. The van der Waals surface area contributed by atoms with Crippen LogP contribution < -0.4 is 10.5 Å². The Morgan fingerprint density at radius 2 is 1.81 bits per heavy atom. The predicted octanol–water partition coefficient (Wildman–Crippen LogP) is 3.86. The Morgan fingerprint density at radius 1 is 1.19 bits per heavy atom. The molecular formula is C14H15BrN2O2S2. The third kappa shape index (κ3) is 3.72. The van der Waals surface area contributed by atoms with Gasteiger partial charge in [-0.25, -0.2) is 8.42 Å². The molecule has 0 aliphatic heterocycles. The highest BCUT2D eigenvalue weighted by Crippen LogP contribution is 2.28. The van der Waals surface area contributed by atoms with Crippen LogP contribution in [-0.4, -0.2) is 14.7 Å². The lowest BCUT2D eigenvalue weighted by Gasteiger charge is -2.12. The molecule has 2 aromatic rings. The molecule has 4 nitrogen and oxygen atoms in total. The fourth-order valence-electron chi connectivity index (χ4n) is 1.82. The summed E-state index contributed by atoms with van der Waals surface area (Å²) in [7, 11) is -3.68. The minimum Gasteiger partial charge on any atom is -0.398 e. The van der Waals surface area contributed by atoms with Crippen LogP contribution in [0.15, 0.2) is 50.7 Å². The van der Waals surface area contributed by atoms with Gasteiger partial charge in [0.15, 0.2) is 0 Å². The normalized spacial score (nSPS) is 11.4. The van der Waals surface area contributed by atoms with E-state index in [0.29, 0.717) is 21.4 Å². The lowest BCUT2D eigenvalue weighted by molar-refractivity contribution is 0.600. The SMILES string of the molecule is CSc1ccc(NS(=O)(=O)c2cc(Br)cc(N)c2C)cc1. The minimum atomic E-state index is -3.68. The van der Waals surface area contributed by atoms with Crippen LogP contribution in [-0.2, 0) is 10.0 Å². The van der Waals surface area contributed by atoms with Gasteiger partial charge in [-0.2, -0.15) is 0 Å². The van der Waals surface area contributed by atoms with Gasteiger partial charge in [-0.05, 0) is 55.1 Å². The Kier molecular flexibility index (Phi) is 4.85. The molecule has 2 rings (SSSR count). The Labute approximate surface area is 137 Å². The van der Waals surface area contributed by atoms with E-state index in [0.717, 1.165) is 4.90 Å². The zero-order chi connectivity index (χ0) is 15.6. The van der Waals surface area contributed by atoms with Crippen molar-refractivity contribution in [1.82, 2.24) is 0 Å². The highest BCUT2D eigenvalue weighted by molar-refractivity contribution is 9.10. The topological polar surface area (TPSA) is 72.2 Å². The van der Waals surface area contributed by atoms with Crippen LogP contribution in [0.3, 0.4) is 0 Å². The van der Waals surface area contributed by atoms with Gasteiger partial charge in [0.25, 0.3) is 10.0 Å². The number of thioether (sulfide) groups is 1. The van der Waals surface area contributed by atoms with Crippen molar-refractivity contribution in [2.24, 2.45) is 0 Å². The first-order valence-corrected chi connectivity index (χ1v) is 9.56. The fraction of sp³-hybridized carbons (Fsp3) is 0.143. The molecular weight excluding hydrogens is 372 g/mol. The van der Waals surface area contributed by atoms with Crippen LogP contribution in [0.5, 0.6) is 0 Å². The van der Waals surface area contributed by atoms with E-state index in [2.05, 4.69) is 20.7 Å². The molecule has 0 aromatic heterocycles. The van der Waals surface area contributed by atoms with E-state index < -0.39 is 10.0 Å². The second-order valence-corrected chi connectivity index (χ2v) is 7.90. The number of nitrogen functional groups attached to an aromatic ring is 1. The quantitative estimate of drug-likeness (QED) is 0.617. The molecule has 2 aromatic carbocycles. The number of hydrogen-bond donors (Lipinski definition) is 2. The monoisotopic (exact) mass is 386 g/mol. The van der Waals surface area contributed by atoms with E-state index in [1.54, 1.807) is 43.0 Å². The molecule has 0 unspecified atom stereocenters. The molecule has 0 heterocycles. The summed E-state index contributed by atoms with van der Waals surface area (Å²) in [6.45, 7) is 1.69. The molecule has 7 heteroatoms. The number of sulfonamides is 1. The van der Waals surface area contributed by atoms with Crippen molar-refractivity contribution < 1.29 is 8.42 Å². The van der Waals surface area contributed by atoms with Crippen LogP contribution in [0, 0.1) is 6.92 Å². The molecule has 3 N–H and O–H groups in total. The van der Waals surface area contributed by atoms with Gasteiger partial charge in [-0.3, -0.25) is 4.72 Å². The van der Waals surface area contributed by atoms with Gasteiger partial charge in [0.05, 0.1) is 4.90 Å². The maximum Gasteiger partial charge on any atom is 0.262 e. The van der Waals surface area contributed by atoms with Crippen molar-refractivity contribution in [2.75, 3.05) is 16.7 Å². The molecule has 0 saturated carbocycles. The van der Waals surface area contributed by atoms with E-state index in [1.807, 2.05) is 18.4 Å². The number of rotatable bonds is 4. The van der Waals surface area contributed by atoms with Crippen molar-refractivity contribution in [3.63, 3.8) is 0 Å². The summed E-state index contributed by atoms with van der Waals surface area (Å²) in [5.74, 6) is 0. The molecule has 0 saturated heterocycles. The van der Waals surface area contributed by atoms with E-state index in [9.17, 15) is 8.42 Å². The highest BCUT2D eigenvalue weighted by atomic mass is 79.9. The summed E-state index contributed by atoms with van der Waals surface area (Å²) in [5, 5.41) is 0. The largest absolute Gasteiger partial charge is 0.398 e. The number of benzene rings is 2. The molecule has 21 heavy (non-hydrogen) atoms.